The Morgan fingerprint density at radius 1 is 1.36 bits per heavy atom. The molecule has 2 aliphatic carbocycles. The number of hydrogen-bond acceptors (Lipinski definition) is 2. The van der Waals surface area contributed by atoms with Crippen molar-refractivity contribution in [3.05, 3.63) is 34.9 Å². The maximum atomic E-state index is 13.2. The highest BCUT2D eigenvalue weighted by atomic mass is 16.1. The lowest BCUT2D eigenvalue weighted by Crippen LogP contribution is -2.48. The van der Waals surface area contributed by atoms with Gasteiger partial charge in [0.05, 0.1) is 11.6 Å². The summed E-state index contributed by atoms with van der Waals surface area (Å²) in [5.74, 6) is 2.22. The van der Waals surface area contributed by atoms with Crippen LogP contribution in [0.3, 0.4) is 0 Å². The lowest BCUT2D eigenvalue weighted by atomic mass is 9.52. The predicted octanol–water partition coefficient (Wildman–Crippen LogP) is 5.65. The predicted molar refractivity (Wildman–Crippen MR) is 101 cm³/mol. The number of nitrogens with zero attached hydrogens (tertiary/aromatic N) is 1. The number of nitriles is 1. The molecule has 1 fully saturated rings. The number of ketones is 1. The summed E-state index contributed by atoms with van der Waals surface area (Å²) >= 11 is 0. The summed E-state index contributed by atoms with van der Waals surface area (Å²) in [5, 5.41) is 9.44. The van der Waals surface area contributed by atoms with Gasteiger partial charge in [0.25, 0.3) is 0 Å². The first-order chi connectivity index (χ1) is 12.0. The van der Waals surface area contributed by atoms with Crippen LogP contribution in [0.15, 0.2) is 18.2 Å². The quantitative estimate of drug-likeness (QED) is 0.712. The maximum absolute atomic E-state index is 13.2. The van der Waals surface area contributed by atoms with Crippen LogP contribution in [0.1, 0.15) is 82.4 Å². The molecular formula is C23H31NO. The number of hydrogen-bond donors (Lipinski definition) is 0. The van der Waals surface area contributed by atoms with E-state index in [1.54, 1.807) is 0 Å². The van der Waals surface area contributed by atoms with Gasteiger partial charge in [-0.3, -0.25) is 4.79 Å². The van der Waals surface area contributed by atoms with E-state index >= 15 is 0 Å². The Morgan fingerprint density at radius 2 is 2.12 bits per heavy atom. The van der Waals surface area contributed by atoms with Crippen LogP contribution in [0.5, 0.6) is 0 Å². The van der Waals surface area contributed by atoms with Gasteiger partial charge in [-0.15, -0.1) is 0 Å². The molecule has 134 valence electrons. The van der Waals surface area contributed by atoms with Gasteiger partial charge >= 0.3 is 0 Å². The van der Waals surface area contributed by atoms with Gasteiger partial charge < -0.3 is 0 Å². The van der Waals surface area contributed by atoms with Crippen LogP contribution in [-0.2, 0) is 11.2 Å². The number of rotatable bonds is 4. The van der Waals surface area contributed by atoms with E-state index in [0.717, 1.165) is 44.1 Å². The lowest BCUT2D eigenvalue weighted by Gasteiger charge is -2.51. The largest absolute Gasteiger partial charge is 0.299 e. The summed E-state index contributed by atoms with van der Waals surface area (Å²) in [7, 11) is 0. The molecule has 0 heterocycles. The fourth-order valence-electron chi connectivity index (χ4n) is 5.85. The van der Waals surface area contributed by atoms with Crippen molar-refractivity contribution >= 4 is 5.78 Å². The fraction of sp³-hybridized carbons (Fsp3) is 0.652. The molecule has 5 atom stereocenters. The first-order valence-corrected chi connectivity index (χ1v) is 10.0. The maximum Gasteiger partial charge on any atom is 0.141 e. The van der Waals surface area contributed by atoms with Crippen LogP contribution in [0.4, 0.5) is 0 Å². The lowest BCUT2D eigenvalue weighted by molar-refractivity contribution is -0.140. The Labute approximate surface area is 152 Å². The second kappa shape index (κ2) is 6.94. The third-order valence-electron chi connectivity index (χ3n) is 7.35. The van der Waals surface area contributed by atoms with Crippen molar-refractivity contribution in [3.63, 3.8) is 0 Å². The van der Waals surface area contributed by atoms with Crippen LogP contribution in [0.2, 0.25) is 0 Å². The molecule has 25 heavy (non-hydrogen) atoms. The summed E-state index contributed by atoms with van der Waals surface area (Å²) in [6.45, 7) is 8.73. The van der Waals surface area contributed by atoms with Gasteiger partial charge in [0.1, 0.15) is 5.78 Å². The van der Waals surface area contributed by atoms with Gasteiger partial charge in [0.15, 0.2) is 0 Å². The van der Waals surface area contributed by atoms with Gasteiger partial charge in [0.2, 0.25) is 0 Å². The van der Waals surface area contributed by atoms with Crippen LogP contribution >= 0.6 is 0 Å². The van der Waals surface area contributed by atoms with Crippen molar-refractivity contribution in [1.82, 2.24) is 0 Å². The summed E-state index contributed by atoms with van der Waals surface area (Å²) in [4.78, 5) is 13.2. The van der Waals surface area contributed by atoms with E-state index < -0.39 is 0 Å². The van der Waals surface area contributed by atoms with E-state index in [-0.39, 0.29) is 11.3 Å². The van der Waals surface area contributed by atoms with Crippen molar-refractivity contribution in [2.45, 2.75) is 72.1 Å². The Bertz CT molecular complexity index is 701. The zero-order chi connectivity index (χ0) is 18.2. The molecule has 0 saturated heterocycles. The molecule has 1 aromatic rings. The Morgan fingerprint density at radius 3 is 2.76 bits per heavy atom. The minimum Gasteiger partial charge on any atom is -0.299 e. The number of carbonyl (C=O) groups excluding carboxylic acids is 1. The van der Waals surface area contributed by atoms with Gasteiger partial charge in [-0.05, 0) is 67.1 Å². The van der Waals surface area contributed by atoms with Gasteiger partial charge in [-0.2, -0.15) is 5.26 Å². The van der Waals surface area contributed by atoms with E-state index in [1.807, 2.05) is 12.1 Å². The van der Waals surface area contributed by atoms with Crippen molar-refractivity contribution in [1.29, 1.82) is 5.26 Å². The molecule has 2 heteroatoms. The Kier molecular flexibility index (Phi) is 5.05. The number of carbonyl (C=O) groups is 1. The van der Waals surface area contributed by atoms with Crippen LogP contribution in [0.25, 0.3) is 0 Å². The summed E-state index contributed by atoms with van der Waals surface area (Å²) in [6, 6.07) is 8.61. The molecule has 0 aliphatic heterocycles. The first-order valence-electron chi connectivity index (χ1n) is 10.0. The minimum absolute atomic E-state index is 0.164. The van der Waals surface area contributed by atoms with E-state index in [2.05, 4.69) is 39.8 Å². The van der Waals surface area contributed by atoms with Gasteiger partial charge in [-0.25, -0.2) is 0 Å². The van der Waals surface area contributed by atoms with Crippen molar-refractivity contribution in [2.24, 2.45) is 23.2 Å². The van der Waals surface area contributed by atoms with Gasteiger partial charge in [-0.1, -0.05) is 46.2 Å². The average Bonchev–Trinajstić information content (AvgIpc) is 2.65. The average molecular weight is 338 g/mol. The van der Waals surface area contributed by atoms with Crippen LogP contribution < -0.4 is 0 Å². The molecule has 0 radical (unpaired) electrons. The van der Waals surface area contributed by atoms with Crippen molar-refractivity contribution in [3.8, 4) is 6.07 Å². The molecule has 2 aliphatic rings. The fourth-order valence-corrected chi connectivity index (χ4v) is 5.85. The molecule has 0 aromatic heterocycles. The SMILES string of the molecule is CCC(C)C(=O)[C@@]1(C)CCC2c3cccc(C#N)c3CCC2C1CC. The topological polar surface area (TPSA) is 40.9 Å². The van der Waals surface area contributed by atoms with E-state index in [9.17, 15) is 10.1 Å². The van der Waals surface area contributed by atoms with E-state index in [4.69, 9.17) is 0 Å². The molecular weight excluding hydrogens is 306 g/mol. The number of benzene rings is 1. The smallest absolute Gasteiger partial charge is 0.141 e. The highest BCUT2D eigenvalue weighted by Crippen LogP contribution is 2.56. The highest BCUT2D eigenvalue weighted by molar-refractivity contribution is 5.87. The molecule has 0 amide bonds. The molecule has 0 bridgehead atoms. The normalized spacial score (nSPS) is 32.2. The summed E-state index contributed by atoms with van der Waals surface area (Å²) < 4.78 is 0. The summed E-state index contributed by atoms with van der Waals surface area (Å²) in [5.41, 5.74) is 3.35. The second-order valence-electron chi connectivity index (χ2n) is 8.44. The van der Waals surface area contributed by atoms with Crippen molar-refractivity contribution < 1.29 is 4.79 Å². The molecule has 0 spiro atoms. The molecule has 1 aromatic carbocycles. The molecule has 2 nitrogen and oxygen atoms in total. The molecule has 0 N–H and O–H groups in total. The molecule has 4 unspecified atom stereocenters. The van der Waals surface area contributed by atoms with Crippen molar-refractivity contribution in [2.75, 3.05) is 0 Å². The second-order valence-corrected chi connectivity index (χ2v) is 8.44. The zero-order valence-corrected chi connectivity index (χ0v) is 16.1. The third kappa shape index (κ3) is 2.82. The van der Waals surface area contributed by atoms with Crippen LogP contribution in [0, 0.1) is 34.5 Å². The van der Waals surface area contributed by atoms with E-state index in [0.29, 0.717) is 23.5 Å². The Hall–Kier alpha value is -1.62. The zero-order valence-electron chi connectivity index (χ0n) is 16.1. The van der Waals surface area contributed by atoms with Crippen LogP contribution in [-0.4, -0.2) is 5.78 Å². The summed E-state index contributed by atoms with van der Waals surface area (Å²) in [6.07, 6.45) is 6.21. The minimum atomic E-state index is -0.171. The standard InChI is InChI=1S/C23H31NO/c1-5-15(3)22(25)23(4)13-12-19-18-9-7-8-16(14-24)17(18)10-11-20(19)21(23)6-2/h7-9,15,19-21H,5-6,10-13H2,1-4H3/t15?,19?,20?,21?,23-/m0/s1. The molecule has 3 rings (SSSR count). The highest BCUT2D eigenvalue weighted by Gasteiger charge is 2.51. The third-order valence-corrected chi connectivity index (χ3v) is 7.35. The van der Waals surface area contributed by atoms with Gasteiger partial charge in [0, 0.05) is 11.3 Å². The Balaban J connectivity index is 1.97. The molecule has 1 saturated carbocycles. The number of Topliss-reactive ketones (excluding diaryl/α,β-unsaturated/α-hetero) is 1. The van der Waals surface area contributed by atoms with E-state index in [1.165, 1.54) is 11.1 Å². The monoisotopic (exact) mass is 337 g/mol. The number of fused-ring (bicyclic) bond motifs is 3. The first kappa shape index (κ1) is 18.2.